The predicted molar refractivity (Wildman–Crippen MR) is 70.6 cm³/mol. The topological polar surface area (TPSA) is 74.6 Å². The highest BCUT2D eigenvalue weighted by molar-refractivity contribution is 7.50. The van der Waals surface area contributed by atoms with Crippen LogP contribution < -0.4 is 0 Å². The fraction of sp³-hybridized carbons (Fsp3) is 0.462. The highest BCUT2D eigenvalue weighted by Gasteiger charge is 2.18. The van der Waals surface area contributed by atoms with Gasteiger partial charge in [0, 0.05) is 11.5 Å². The molecular weight excluding hydrogens is 251 g/mol. The third-order valence-electron chi connectivity index (χ3n) is 2.96. The van der Waals surface area contributed by atoms with E-state index in [4.69, 9.17) is 9.79 Å². The molecular formula is C13H19O4P. The lowest BCUT2D eigenvalue weighted by Crippen LogP contribution is -2.13. The molecule has 0 aliphatic carbocycles. The minimum Gasteiger partial charge on any atom is -0.324 e. The van der Waals surface area contributed by atoms with Crippen molar-refractivity contribution < 1.29 is 19.1 Å². The fourth-order valence-electron chi connectivity index (χ4n) is 1.96. The predicted octanol–water partition coefficient (Wildman–Crippen LogP) is 2.98. The van der Waals surface area contributed by atoms with Crippen LogP contribution in [0, 0.1) is 5.92 Å². The molecule has 0 unspecified atom stereocenters. The molecule has 0 radical (unpaired) electrons. The van der Waals surface area contributed by atoms with E-state index in [2.05, 4.69) is 0 Å². The average Bonchev–Trinajstić information content (AvgIpc) is 2.28. The number of rotatable bonds is 6. The van der Waals surface area contributed by atoms with Crippen molar-refractivity contribution in [1.82, 2.24) is 0 Å². The molecule has 0 bridgehead atoms. The van der Waals surface area contributed by atoms with Crippen LogP contribution in [0.15, 0.2) is 24.3 Å². The van der Waals surface area contributed by atoms with Gasteiger partial charge in [-0.05, 0) is 24.5 Å². The van der Waals surface area contributed by atoms with Gasteiger partial charge in [-0.3, -0.25) is 9.36 Å². The molecule has 5 heteroatoms. The van der Waals surface area contributed by atoms with E-state index in [1.165, 1.54) is 0 Å². The standard InChI is InChI=1S/C13H19O4P/c1-3-11(4-2)13(14)12-7-5-6-10(8-12)9-18(15,16)17/h5-8,11H,3-4,9H2,1-2H3,(H2,15,16,17). The van der Waals surface area contributed by atoms with E-state index in [0.29, 0.717) is 11.1 Å². The maximum absolute atomic E-state index is 12.1. The Morgan fingerprint density at radius 2 is 1.89 bits per heavy atom. The summed E-state index contributed by atoms with van der Waals surface area (Å²) < 4.78 is 10.9. The number of carbonyl (C=O) groups excluding carboxylic acids is 1. The van der Waals surface area contributed by atoms with Gasteiger partial charge in [-0.15, -0.1) is 0 Å². The van der Waals surface area contributed by atoms with E-state index < -0.39 is 7.60 Å². The van der Waals surface area contributed by atoms with Crippen LogP contribution in [-0.4, -0.2) is 15.6 Å². The normalized spacial score (nSPS) is 11.8. The lowest BCUT2D eigenvalue weighted by molar-refractivity contribution is 0.0913. The van der Waals surface area contributed by atoms with Gasteiger partial charge < -0.3 is 9.79 Å². The lowest BCUT2D eigenvalue weighted by Gasteiger charge is -2.12. The smallest absolute Gasteiger partial charge is 0.324 e. The summed E-state index contributed by atoms with van der Waals surface area (Å²) in [7, 11) is -4.09. The summed E-state index contributed by atoms with van der Waals surface area (Å²) in [6, 6.07) is 6.58. The Bertz CT molecular complexity index is 460. The molecule has 0 atom stereocenters. The first-order chi connectivity index (χ1) is 8.37. The second kappa shape index (κ2) is 6.28. The van der Waals surface area contributed by atoms with Crippen LogP contribution >= 0.6 is 7.60 Å². The van der Waals surface area contributed by atoms with E-state index in [1.807, 2.05) is 13.8 Å². The summed E-state index contributed by atoms with van der Waals surface area (Å²) in [6.45, 7) is 3.93. The zero-order chi connectivity index (χ0) is 13.8. The van der Waals surface area contributed by atoms with Crippen molar-refractivity contribution in [2.45, 2.75) is 32.9 Å². The van der Waals surface area contributed by atoms with E-state index >= 15 is 0 Å². The molecule has 1 rings (SSSR count). The van der Waals surface area contributed by atoms with Crippen molar-refractivity contribution in [3.8, 4) is 0 Å². The number of benzene rings is 1. The number of carbonyl (C=O) groups is 1. The quantitative estimate of drug-likeness (QED) is 0.615. The Kier molecular flexibility index (Phi) is 5.27. The molecule has 0 saturated carbocycles. The third kappa shape index (κ3) is 4.37. The summed E-state index contributed by atoms with van der Waals surface area (Å²) in [5.41, 5.74) is 1.04. The van der Waals surface area contributed by atoms with E-state index in [-0.39, 0.29) is 17.9 Å². The van der Waals surface area contributed by atoms with Gasteiger partial charge in [0.25, 0.3) is 0 Å². The van der Waals surface area contributed by atoms with Gasteiger partial charge in [0.05, 0.1) is 6.16 Å². The Morgan fingerprint density at radius 1 is 1.28 bits per heavy atom. The minimum atomic E-state index is -4.09. The Labute approximate surface area is 107 Å². The van der Waals surface area contributed by atoms with E-state index in [1.54, 1.807) is 24.3 Å². The highest BCUT2D eigenvalue weighted by atomic mass is 31.2. The van der Waals surface area contributed by atoms with Gasteiger partial charge in [0.1, 0.15) is 0 Å². The van der Waals surface area contributed by atoms with Crippen molar-refractivity contribution in [3.05, 3.63) is 35.4 Å². The minimum absolute atomic E-state index is 0.0182. The lowest BCUT2D eigenvalue weighted by atomic mass is 9.92. The number of hydrogen-bond acceptors (Lipinski definition) is 2. The summed E-state index contributed by atoms with van der Waals surface area (Å²) in [5.74, 6) is 0.0304. The molecule has 4 nitrogen and oxygen atoms in total. The second-order valence-corrected chi connectivity index (χ2v) is 6.05. The zero-order valence-corrected chi connectivity index (χ0v) is 11.6. The molecule has 0 aromatic heterocycles. The van der Waals surface area contributed by atoms with Crippen molar-refractivity contribution in [1.29, 1.82) is 0 Å². The summed E-state index contributed by atoms with van der Waals surface area (Å²) in [6.07, 6.45) is 1.23. The third-order valence-corrected chi connectivity index (χ3v) is 3.73. The second-order valence-electron chi connectivity index (χ2n) is 4.40. The molecule has 0 heterocycles. The van der Waals surface area contributed by atoms with Crippen molar-refractivity contribution in [2.24, 2.45) is 5.92 Å². The summed E-state index contributed by atoms with van der Waals surface area (Å²) in [4.78, 5) is 30.0. The first-order valence-electron chi connectivity index (χ1n) is 6.05. The molecule has 0 fully saturated rings. The van der Waals surface area contributed by atoms with Crippen molar-refractivity contribution in [2.75, 3.05) is 0 Å². The van der Waals surface area contributed by atoms with E-state index in [9.17, 15) is 9.36 Å². The fourth-order valence-corrected chi connectivity index (χ4v) is 2.63. The summed E-state index contributed by atoms with van der Waals surface area (Å²) >= 11 is 0. The van der Waals surface area contributed by atoms with E-state index in [0.717, 1.165) is 12.8 Å². The van der Waals surface area contributed by atoms with Crippen LogP contribution in [0.25, 0.3) is 0 Å². The molecule has 0 aliphatic heterocycles. The van der Waals surface area contributed by atoms with Gasteiger partial charge in [-0.1, -0.05) is 32.0 Å². The van der Waals surface area contributed by atoms with Crippen LogP contribution in [0.3, 0.4) is 0 Å². The molecule has 18 heavy (non-hydrogen) atoms. The number of hydrogen-bond donors (Lipinski definition) is 2. The van der Waals surface area contributed by atoms with Crippen molar-refractivity contribution in [3.63, 3.8) is 0 Å². The monoisotopic (exact) mass is 270 g/mol. The van der Waals surface area contributed by atoms with Crippen LogP contribution in [-0.2, 0) is 10.7 Å². The molecule has 1 aromatic carbocycles. The largest absolute Gasteiger partial charge is 0.329 e. The first kappa shape index (κ1) is 15.1. The molecule has 1 aromatic rings. The molecule has 2 N–H and O–H groups in total. The number of ketones is 1. The molecule has 0 aliphatic rings. The van der Waals surface area contributed by atoms with Gasteiger partial charge in [-0.25, -0.2) is 0 Å². The van der Waals surface area contributed by atoms with Gasteiger partial charge in [0.2, 0.25) is 0 Å². The molecule has 0 saturated heterocycles. The first-order valence-corrected chi connectivity index (χ1v) is 7.84. The summed E-state index contributed by atoms with van der Waals surface area (Å²) in [5, 5.41) is 0. The molecule has 100 valence electrons. The molecule has 0 amide bonds. The highest BCUT2D eigenvalue weighted by Crippen LogP contribution is 2.39. The molecule has 0 spiro atoms. The van der Waals surface area contributed by atoms with Crippen LogP contribution in [0.4, 0.5) is 0 Å². The maximum Gasteiger partial charge on any atom is 0.329 e. The van der Waals surface area contributed by atoms with Gasteiger partial charge >= 0.3 is 7.60 Å². The zero-order valence-electron chi connectivity index (χ0n) is 10.7. The van der Waals surface area contributed by atoms with Crippen molar-refractivity contribution >= 4 is 13.4 Å². The van der Waals surface area contributed by atoms with Crippen LogP contribution in [0.5, 0.6) is 0 Å². The SMILES string of the molecule is CCC(CC)C(=O)c1cccc(CP(=O)(O)O)c1. The van der Waals surface area contributed by atoms with Gasteiger partial charge in [0.15, 0.2) is 5.78 Å². The van der Waals surface area contributed by atoms with Gasteiger partial charge in [-0.2, -0.15) is 0 Å². The van der Waals surface area contributed by atoms with Crippen LogP contribution in [0.1, 0.15) is 42.6 Å². The average molecular weight is 270 g/mol. The maximum atomic E-state index is 12.1. The Morgan fingerprint density at radius 3 is 2.39 bits per heavy atom. The number of Topliss-reactive ketones (excluding diaryl/α,β-unsaturated/α-hetero) is 1. The van der Waals surface area contributed by atoms with Crippen LogP contribution in [0.2, 0.25) is 0 Å². The Hall–Kier alpha value is -0.960. The Balaban J connectivity index is 2.95.